The number of rotatable bonds is 0. The zero-order valence-electron chi connectivity index (χ0n) is 5.16. The molecule has 1 aliphatic heterocycles. The summed E-state index contributed by atoms with van der Waals surface area (Å²) in [6.45, 7) is 0.295. The zero-order chi connectivity index (χ0) is 6.97. The summed E-state index contributed by atoms with van der Waals surface area (Å²) in [5.41, 5.74) is 0. The Hall–Kier alpha value is -0.960. The summed E-state index contributed by atoms with van der Waals surface area (Å²) in [6, 6.07) is 5.52. The second-order valence-corrected chi connectivity index (χ2v) is 2.43. The first-order valence-electron chi connectivity index (χ1n) is 2.93. The van der Waals surface area contributed by atoms with Crippen LogP contribution in [-0.4, -0.2) is 6.79 Å². The summed E-state index contributed by atoms with van der Waals surface area (Å²) in [6.07, 6.45) is 0. The van der Waals surface area contributed by atoms with E-state index in [-0.39, 0.29) is 0 Å². The predicted molar refractivity (Wildman–Crippen MR) is 38.4 cm³/mol. The van der Waals surface area contributed by atoms with Gasteiger partial charge in [-0.3, -0.25) is 0 Å². The Kier molecular flexibility index (Phi) is 1.17. The minimum Gasteiger partial charge on any atom is -0.454 e. The van der Waals surface area contributed by atoms with E-state index in [0.717, 1.165) is 10.6 Å². The normalized spacial score (nSPS) is 13.6. The predicted octanol–water partition coefficient (Wildman–Crippen LogP) is 1.97. The highest BCUT2D eigenvalue weighted by atomic mass is 32.1. The number of ether oxygens (including phenoxy) is 2. The molecule has 1 radical (unpaired) electrons. The van der Waals surface area contributed by atoms with E-state index in [0.29, 0.717) is 12.5 Å². The van der Waals surface area contributed by atoms with Gasteiger partial charge in [0.15, 0.2) is 11.5 Å². The Morgan fingerprint density at radius 2 is 2.20 bits per heavy atom. The second kappa shape index (κ2) is 2.02. The van der Waals surface area contributed by atoms with E-state index in [1.807, 2.05) is 18.2 Å². The molecule has 0 fully saturated rings. The smallest absolute Gasteiger partial charge is 0.231 e. The maximum atomic E-state index is 5.10. The molecule has 0 spiro atoms. The molecule has 0 bridgehead atoms. The van der Waals surface area contributed by atoms with Crippen molar-refractivity contribution in [1.82, 2.24) is 0 Å². The number of benzene rings is 1. The van der Waals surface area contributed by atoms with Crippen LogP contribution in [0, 0.1) is 0 Å². The Bertz CT molecular complexity index is 260. The van der Waals surface area contributed by atoms with Gasteiger partial charge >= 0.3 is 0 Å². The molecular formula is C7H5O2S. The lowest BCUT2D eigenvalue weighted by atomic mass is 10.3. The van der Waals surface area contributed by atoms with Crippen molar-refractivity contribution in [1.29, 1.82) is 0 Å². The van der Waals surface area contributed by atoms with E-state index in [9.17, 15) is 0 Å². The van der Waals surface area contributed by atoms with Gasteiger partial charge in [0.05, 0.1) is 4.90 Å². The van der Waals surface area contributed by atoms with Gasteiger partial charge in [0.1, 0.15) is 0 Å². The van der Waals surface area contributed by atoms with E-state index in [1.54, 1.807) is 0 Å². The van der Waals surface area contributed by atoms with Gasteiger partial charge in [-0.05, 0) is 12.1 Å². The molecule has 3 heteroatoms. The fourth-order valence-electron chi connectivity index (χ4n) is 0.903. The number of fused-ring (bicyclic) bond motifs is 1. The summed E-state index contributed by atoms with van der Waals surface area (Å²) in [4.78, 5) is 0.718. The van der Waals surface area contributed by atoms with Crippen LogP contribution in [0.4, 0.5) is 0 Å². The van der Waals surface area contributed by atoms with Gasteiger partial charge in [0, 0.05) is 0 Å². The van der Waals surface area contributed by atoms with E-state index in [1.165, 1.54) is 0 Å². The summed E-state index contributed by atoms with van der Waals surface area (Å²) in [5.74, 6) is 1.46. The molecular weight excluding hydrogens is 148 g/mol. The lowest BCUT2D eigenvalue weighted by molar-refractivity contribution is 0.172. The highest BCUT2D eigenvalue weighted by Crippen LogP contribution is 2.36. The van der Waals surface area contributed by atoms with Crippen molar-refractivity contribution in [3.63, 3.8) is 0 Å². The molecule has 1 aromatic carbocycles. The van der Waals surface area contributed by atoms with Crippen molar-refractivity contribution in [2.24, 2.45) is 0 Å². The summed E-state index contributed by atoms with van der Waals surface area (Å²) >= 11 is 4.97. The van der Waals surface area contributed by atoms with Gasteiger partial charge in [0.25, 0.3) is 0 Å². The Labute approximate surface area is 64.2 Å². The quantitative estimate of drug-likeness (QED) is 0.567. The van der Waals surface area contributed by atoms with Crippen LogP contribution >= 0.6 is 12.6 Å². The third kappa shape index (κ3) is 0.708. The largest absolute Gasteiger partial charge is 0.454 e. The summed E-state index contributed by atoms with van der Waals surface area (Å²) in [5, 5.41) is 0. The molecule has 1 heterocycles. The van der Waals surface area contributed by atoms with Crippen LogP contribution in [0.1, 0.15) is 0 Å². The summed E-state index contributed by atoms with van der Waals surface area (Å²) < 4.78 is 10.2. The molecule has 0 unspecified atom stereocenters. The standard InChI is InChI=1S/C7H5O2S/c10-6-3-1-2-5-7(6)9-4-8-5/h1-3H,4H2. The molecule has 0 saturated heterocycles. The monoisotopic (exact) mass is 153 g/mol. The fourth-order valence-corrected chi connectivity index (χ4v) is 1.14. The first-order chi connectivity index (χ1) is 4.88. The molecule has 0 aromatic heterocycles. The molecule has 51 valence electrons. The van der Waals surface area contributed by atoms with Crippen molar-refractivity contribution < 1.29 is 9.47 Å². The van der Waals surface area contributed by atoms with Crippen molar-refractivity contribution in [3.05, 3.63) is 18.2 Å². The third-order valence-electron chi connectivity index (χ3n) is 1.36. The number of para-hydroxylation sites is 1. The molecule has 0 amide bonds. The maximum absolute atomic E-state index is 5.10. The van der Waals surface area contributed by atoms with Crippen molar-refractivity contribution in [3.8, 4) is 11.5 Å². The first-order valence-corrected chi connectivity index (χ1v) is 3.34. The molecule has 2 rings (SSSR count). The average Bonchev–Trinajstić information content (AvgIpc) is 2.36. The Balaban J connectivity index is 2.59. The van der Waals surface area contributed by atoms with Gasteiger partial charge in [-0.15, -0.1) is 0 Å². The second-order valence-electron chi connectivity index (χ2n) is 1.99. The topological polar surface area (TPSA) is 18.5 Å². The Morgan fingerprint density at radius 3 is 3.00 bits per heavy atom. The zero-order valence-corrected chi connectivity index (χ0v) is 5.98. The number of hydrogen-bond donors (Lipinski definition) is 0. The van der Waals surface area contributed by atoms with E-state index < -0.39 is 0 Å². The molecule has 2 nitrogen and oxygen atoms in total. The van der Waals surface area contributed by atoms with Crippen molar-refractivity contribution >= 4 is 12.6 Å². The van der Waals surface area contributed by atoms with E-state index >= 15 is 0 Å². The molecule has 0 aliphatic carbocycles. The van der Waals surface area contributed by atoms with Gasteiger partial charge in [-0.25, -0.2) is 0 Å². The van der Waals surface area contributed by atoms with E-state index in [4.69, 9.17) is 22.1 Å². The molecule has 0 atom stereocenters. The van der Waals surface area contributed by atoms with E-state index in [2.05, 4.69) is 0 Å². The minimum atomic E-state index is 0.295. The van der Waals surface area contributed by atoms with Gasteiger partial charge in [-0.1, -0.05) is 18.7 Å². The van der Waals surface area contributed by atoms with Crippen LogP contribution in [0.25, 0.3) is 0 Å². The molecule has 0 saturated carbocycles. The van der Waals surface area contributed by atoms with Crippen LogP contribution in [-0.2, 0) is 0 Å². The van der Waals surface area contributed by atoms with Crippen LogP contribution in [0.5, 0.6) is 11.5 Å². The van der Waals surface area contributed by atoms with Gasteiger partial charge in [0.2, 0.25) is 6.79 Å². The molecule has 0 N–H and O–H groups in total. The van der Waals surface area contributed by atoms with Crippen LogP contribution in [0.2, 0.25) is 0 Å². The van der Waals surface area contributed by atoms with Crippen LogP contribution in [0.15, 0.2) is 23.1 Å². The third-order valence-corrected chi connectivity index (χ3v) is 1.68. The van der Waals surface area contributed by atoms with Crippen molar-refractivity contribution in [2.75, 3.05) is 6.79 Å². The minimum absolute atomic E-state index is 0.295. The van der Waals surface area contributed by atoms with Crippen molar-refractivity contribution in [2.45, 2.75) is 4.90 Å². The van der Waals surface area contributed by atoms with Gasteiger partial charge in [-0.2, -0.15) is 0 Å². The molecule has 1 aliphatic rings. The Morgan fingerprint density at radius 1 is 1.30 bits per heavy atom. The SMILES string of the molecule is [S]c1cccc2c1OCO2. The summed E-state index contributed by atoms with van der Waals surface area (Å²) in [7, 11) is 0. The lowest BCUT2D eigenvalue weighted by Crippen LogP contribution is -1.93. The lowest BCUT2D eigenvalue weighted by Gasteiger charge is -1.95. The maximum Gasteiger partial charge on any atom is 0.231 e. The highest BCUT2D eigenvalue weighted by Gasteiger charge is 2.14. The molecule has 1 aromatic rings. The highest BCUT2D eigenvalue weighted by molar-refractivity contribution is 7.80. The molecule has 10 heavy (non-hydrogen) atoms. The van der Waals surface area contributed by atoms with Crippen LogP contribution in [0.3, 0.4) is 0 Å². The van der Waals surface area contributed by atoms with Gasteiger partial charge < -0.3 is 9.47 Å². The average molecular weight is 153 g/mol. The van der Waals surface area contributed by atoms with Crippen LogP contribution < -0.4 is 9.47 Å². The number of hydrogen-bond acceptors (Lipinski definition) is 2. The first kappa shape index (κ1) is 5.80. The fraction of sp³-hybridized carbons (Fsp3) is 0.143.